The molecule has 0 spiro atoms. The quantitative estimate of drug-likeness (QED) is 0.355. The Morgan fingerprint density at radius 1 is 1.16 bits per heavy atom. The zero-order chi connectivity index (χ0) is 14.1. The van der Waals surface area contributed by atoms with Gasteiger partial charge in [0.15, 0.2) is 0 Å². The van der Waals surface area contributed by atoms with Crippen molar-refractivity contribution in [3.63, 3.8) is 0 Å². The Labute approximate surface area is 132 Å². The number of hydrogen-bond acceptors (Lipinski definition) is 5. The summed E-state index contributed by atoms with van der Waals surface area (Å²) < 4.78 is 0.0144. The van der Waals surface area contributed by atoms with Crippen LogP contribution >= 0.6 is 36.6 Å². The van der Waals surface area contributed by atoms with E-state index in [1.165, 1.54) is 44.9 Å². The molecule has 0 radical (unpaired) electrons. The highest BCUT2D eigenvalue weighted by Crippen LogP contribution is 2.38. The molecule has 0 aliphatic carbocycles. The second-order valence-electron chi connectivity index (χ2n) is 5.41. The van der Waals surface area contributed by atoms with Crippen molar-refractivity contribution in [1.82, 2.24) is 10.2 Å². The summed E-state index contributed by atoms with van der Waals surface area (Å²) in [6.45, 7) is 4.46. The minimum atomic E-state index is -0.0587. The summed E-state index contributed by atoms with van der Waals surface area (Å²) in [5, 5.41) is 9.23. The molecule has 5 heteroatoms. The van der Waals surface area contributed by atoms with E-state index in [-0.39, 0.29) is 10.00 Å². The summed E-state index contributed by atoms with van der Waals surface area (Å²) in [7, 11) is 0. The molecule has 19 heavy (non-hydrogen) atoms. The Hall–Kier alpha value is 0.260. The minimum Gasteiger partial charge on any atom is -0.164 e. The monoisotopic (exact) mass is 318 g/mol. The lowest BCUT2D eigenvalue weighted by molar-refractivity contribution is 0.433. The third-order valence-electron chi connectivity index (χ3n) is 3.72. The lowest BCUT2D eigenvalue weighted by atomic mass is 9.87. The van der Waals surface area contributed by atoms with Crippen LogP contribution in [0.15, 0.2) is 5.51 Å². The molecule has 1 unspecified atom stereocenters. The Kier molecular flexibility index (Phi) is 8.42. The van der Waals surface area contributed by atoms with Gasteiger partial charge < -0.3 is 0 Å². The first-order valence-corrected chi connectivity index (χ1v) is 9.15. The van der Waals surface area contributed by atoms with Gasteiger partial charge in [-0.1, -0.05) is 58.8 Å². The molecule has 0 aliphatic heterocycles. The number of rotatable bonds is 10. The SMILES string of the molecule is CCCCCCCCCC(C)(c1nncs1)C(S)S. The molecule has 0 fully saturated rings. The largest absolute Gasteiger partial charge is 0.164 e. The average molecular weight is 319 g/mol. The number of hydrogen-bond donors (Lipinski definition) is 2. The van der Waals surface area contributed by atoms with Crippen molar-refractivity contribution >= 4 is 36.6 Å². The van der Waals surface area contributed by atoms with E-state index < -0.39 is 0 Å². The Morgan fingerprint density at radius 3 is 2.32 bits per heavy atom. The van der Waals surface area contributed by atoms with Gasteiger partial charge in [0.2, 0.25) is 0 Å². The van der Waals surface area contributed by atoms with Crippen molar-refractivity contribution in [1.29, 1.82) is 0 Å². The third-order valence-corrected chi connectivity index (χ3v) is 5.83. The lowest BCUT2D eigenvalue weighted by Crippen LogP contribution is -2.29. The molecule has 2 nitrogen and oxygen atoms in total. The molecule has 0 aromatic carbocycles. The van der Waals surface area contributed by atoms with Gasteiger partial charge >= 0.3 is 0 Å². The standard InChI is InChI=1S/C14H26N2S3/c1-3-4-5-6-7-8-9-10-14(2,13(17)18)12-16-15-11-19-12/h11,13,17-18H,3-10H2,1-2H3. The fraction of sp³-hybridized carbons (Fsp3) is 0.857. The topological polar surface area (TPSA) is 25.8 Å². The minimum absolute atomic E-state index is 0.0144. The van der Waals surface area contributed by atoms with Crippen molar-refractivity contribution in [3.8, 4) is 0 Å². The van der Waals surface area contributed by atoms with Crippen LogP contribution in [0, 0.1) is 0 Å². The van der Waals surface area contributed by atoms with E-state index in [0.29, 0.717) is 0 Å². The summed E-state index contributed by atoms with van der Waals surface area (Å²) in [5.74, 6) is 0. The Balaban J connectivity index is 2.31. The van der Waals surface area contributed by atoms with Crippen molar-refractivity contribution in [3.05, 3.63) is 10.5 Å². The zero-order valence-electron chi connectivity index (χ0n) is 12.0. The maximum Gasteiger partial charge on any atom is 0.125 e. The van der Waals surface area contributed by atoms with Crippen LogP contribution in [0.3, 0.4) is 0 Å². The number of thiol groups is 2. The van der Waals surface area contributed by atoms with Crippen LogP contribution in [0.4, 0.5) is 0 Å². The highest BCUT2D eigenvalue weighted by molar-refractivity contribution is 7.99. The zero-order valence-corrected chi connectivity index (χ0v) is 14.6. The molecule has 0 amide bonds. The van der Waals surface area contributed by atoms with E-state index in [4.69, 9.17) is 0 Å². The van der Waals surface area contributed by atoms with Crippen LogP contribution in [-0.4, -0.2) is 14.8 Å². The predicted octanol–water partition coefficient (Wildman–Crippen LogP) is 5.12. The highest BCUT2D eigenvalue weighted by atomic mass is 32.2. The van der Waals surface area contributed by atoms with Crippen LogP contribution in [0.5, 0.6) is 0 Å². The van der Waals surface area contributed by atoms with E-state index in [1.807, 2.05) is 0 Å². The summed E-state index contributed by atoms with van der Waals surface area (Å²) in [4.78, 5) is 0. The maximum atomic E-state index is 4.54. The van der Waals surface area contributed by atoms with Gasteiger partial charge in [0, 0.05) is 5.41 Å². The summed E-state index contributed by atoms with van der Waals surface area (Å²) in [6.07, 6.45) is 10.4. The molecule has 1 aromatic rings. The second-order valence-corrected chi connectivity index (χ2v) is 7.68. The first-order chi connectivity index (χ1) is 9.11. The molecule has 1 aromatic heterocycles. The summed E-state index contributed by atoms with van der Waals surface area (Å²) in [5.41, 5.74) is 1.74. The van der Waals surface area contributed by atoms with Gasteiger partial charge in [-0.15, -0.1) is 21.5 Å². The van der Waals surface area contributed by atoms with Gasteiger partial charge in [0.05, 0.1) is 4.58 Å². The number of nitrogens with zero attached hydrogens (tertiary/aromatic N) is 2. The van der Waals surface area contributed by atoms with E-state index >= 15 is 0 Å². The first-order valence-electron chi connectivity index (χ1n) is 7.24. The van der Waals surface area contributed by atoms with Gasteiger partial charge in [0.1, 0.15) is 10.5 Å². The predicted molar refractivity (Wildman–Crippen MR) is 91.6 cm³/mol. The van der Waals surface area contributed by atoms with E-state index in [1.54, 1.807) is 16.8 Å². The van der Waals surface area contributed by atoms with Gasteiger partial charge in [-0.2, -0.15) is 25.3 Å². The maximum absolute atomic E-state index is 4.54. The normalized spacial score (nSPS) is 14.8. The highest BCUT2D eigenvalue weighted by Gasteiger charge is 2.34. The second kappa shape index (κ2) is 9.24. The molecule has 1 rings (SSSR count). The Bertz CT molecular complexity index is 327. The van der Waals surface area contributed by atoms with Crippen LogP contribution in [0.2, 0.25) is 0 Å². The van der Waals surface area contributed by atoms with Crippen LogP contribution in [0.1, 0.15) is 70.2 Å². The molecule has 0 bridgehead atoms. The molecule has 0 aliphatic rings. The van der Waals surface area contributed by atoms with Crippen LogP contribution in [-0.2, 0) is 5.41 Å². The molecule has 0 saturated heterocycles. The molecular formula is C14H26N2S3. The van der Waals surface area contributed by atoms with E-state index in [9.17, 15) is 0 Å². The van der Waals surface area contributed by atoms with Gasteiger partial charge in [-0.05, 0) is 6.42 Å². The smallest absolute Gasteiger partial charge is 0.125 e. The third kappa shape index (κ3) is 5.64. The molecular weight excluding hydrogens is 292 g/mol. The average Bonchev–Trinajstić information content (AvgIpc) is 2.91. The first kappa shape index (κ1) is 17.3. The lowest BCUT2D eigenvalue weighted by Gasteiger charge is -2.29. The number of unbranched alkanes of at least 4 members (excludes halogenated alkanes) is 6. The van der Waals surface area contributed by atoms with Gasteiger partial charge in [0.25, 0.3) is 0 Å². The fourth-order valence-electron chi connectivity index (χ4n) is 2.22. The van der Waals surface area contributed by atoms with Gasteiger partial charge in [-0.25, -0.2) is 0 Å². The molecule has 110 valence electrons. The van der Waals surface area contributed by atoms with Crippen molar-refractivity contribution < 1.29 is 0 Å². The summed E-state index contributed by atoms with van der Waals surface area (Å²) >= 11 is 10.7. The van der Waals surface area contributed by atoms with Crippen molar-refractivity contribution in [2.45, 2.75) is 75.2 Å². The van der Waals surface area contributed by atoms with Crippen LogP contribution < -0.4 is 0 Å². The fourth-order valence-corrected chi connectivity index (χ4v) is 3.67. The van der Waals surface area contributed by atoms with Gasteiger partial charge in [-0.3, -0.25) is 0 Å². The molecule has 0 saturated carbocycles. The molecule has 0 N–H and O–H groups in total. The molecule has 1 heterocycles. The summed E-state index contributed by atoms with van der Waals surface area (Å²) in [6, 6.07) is 0. The molecule has 1 atom stereocenters. The number of aromatic nitrogens is 2. The van der Waals surface area contributed by atoms with Crippen molar-refractivity contribution in [2.24, 2.45) is 0 Å². The van der Waals surface area contributed by atoms with E-state index in [0.717, 1.165) is 11.4 Å². The van der Waals surface area contributed by atoms with Crippen molar-refractivity contribution in [2.75, 3.05) is 0 Å². The van der Waals surface area contributed by atoms with Crippen LogP contribution in [0.25, 0.3) is 0 Å². The Morgan fingerprint density at radius 2 is 1.79 bits per heavy atom. The van der Waals surface area contributed by atoms with E-state index in [2.05, 4.69) is 49.3 Å².